The van der Waals surface area contributed by atoms with Gasteiger partial charge < -0.3 is 9.88 Å². The number of aryl methyl sites for hydroxylation is 1. The molecular formula is C13H17ClN4O2S. The van der Waals surface area contributed by atoms with Gasteiger partial charge in [-0.05, 0) is 19.1 Å². The molecule has 0 aliphatic carbocycles. The van der Waals surface area contributed by atoms with E-state index in [1.165, 1.54) is 4.31 Å². The van der Waals surface area contributed by atoms with Crippen LogP contribution in [0.5, 0.6) is 0 Å². The molecule has 6 nitrogen and oxygen atoms in total. The van der Waals surface area contributed by atoms with Gasteiger partial charge in [0.2, 0.25) is 0 Å². The summed E-state index contributed by atoms with van der Waals surface area (Å²) >= 11 is 0. The molecule has 1 N–H and O–H groups in total. The zero-order chi connectivity index (χ0) is 14.2. The van der Waals surface area contributed by atoms with Crippen LogP contribution in [0.4, 0.5) is 11.4 Å². The number of fused-ring (bicyclic) bond motifs is 1. The van der Waals surface area contributed by atoms with Crippen molar-refractivity contribution >= 4 is 33.8 Å². The van der Waals surface area contributed by atoms with E-state index in [1.807, 2.05) is 25.1 Å². The number of imidazole rings is 1. The van der Waals surface area contributed by atoms with E-state index in [1.54, 1.807) is 23.2 Å². The number of nitrogens with one attached hydrogen (secondary N) is 1. The van der Waals surface area contributed by atoms with Crippen LogP contribution in [0.15, 0.2) is 41.8 Å². The van der Waals surface area contributed by atoms with Gasteiger partial charge in [-0.1, -0.05) is 12.1 Å². The Morgan fingerprint density at radius 1 is 1.33 bits per heavy atom. The molecule has 1 aliphatic heterocycles. The van der Waals surface area contributed by atoms with E-state index < -0.39 is 10.0 Å². The maximum Gasteiger partial charge on any atom is 0.283 e. The first kappa shape index (κ1) is 15.7. The Kier molecular flexibility index (Phi) is 4.43. The fourth-order valence-electron chi connectivity index (χ4n) is 2.26. The van der Waals surface area contributed by atoms with Crippen LogP contribution in [0.25, 0.3) is 0 Å². The minimum atomic E-state index is -3.60. The zero-order valence-electron chi connectivity index (χ0n) is 11.6. The first-order chi connectivity index (χ1) is 9.63. The first-order valence-corrected chi connectivity index (χ1v) is 7.94. The fourth-order valence-corrected chi connectivity index (χ4v) is 3.69. The third-order valence-electron chi connectivity index (χ3n) is 3.33. The molecule has 1 aliphatic rings. The summed E-state index contributed by atoms with van der Waals surface area (Å²) in [6.07, 6.45) is 3.11. The van der Waals surface area contributed by atoms with E-state index in [0.717, 1.165) is 5.69 Å². The summed E-state index contributed by atoms with van der Waals surface area (Å²) in [5, 5.41) is 3.29. The standard InChI is InChI=1S/C13H16N4O2S.ClH/c1-2-16-9-13(15-10-16)20(18,19)17-8-7-14-11-5-3-4-6-12(11)17;/h3-6,9-10,14H,2,7-8H2,1H3;1H. The number of nitrogens with zero attached hydrogens (tertiary/aromatic N) is 3. The van der Waals surface area contributed by atoms with Crippen molar-refractivity contribution in [3.8, 4) is 0 Å². The van der Waals surface area contributed by atoms with E-state index in [2.05, 4.69) is 10.3 Å². The molecule has 1 aromatic carbocycles. The van der Waals surface area contributed by atoms with Crippen molar-refractivity contribution in [3.05, 3.63) is 36.8 Å². The molecule has 0 bridgehead atoms. The van der Waals surface area contributed by atoms with Crippen LogP contribution in [0, 0.1) is 0 Å². The van der Waals surface area contributed by atoms with Gasteiger partial charge in [0, 0.05) is 19.3 Å². The Bertz CT molecular complexity index is 729. The van der Waals surface area contributed by atoms with Crippen LogP contribution in [-0.2, 0) is 16.6 Å². The summed E-state index contributed by atoms with van der Waals surface area (Å²) in [4.78, 5) is 4.02. The van der Waals surface area contributed by atoms with Crippen LogP contribution < -0.4 is 9.62 Å². The Hall–Kier alpha value is -1.73. The van der Waals surface area contributed by atoms with Crippen molar-refractivity contribution in [1.82, 2.24) is 9.55 Å². The van der Waals surface area contributed by atoms with Crippen molar-refractivity contribution in [1.29, 1.82) is 0 Å². The SMILES string of the molecule is CCn1cnc(S(=O)(=O)N2CCNc3ccccc32)c1.Cl. The van der Waals surface area contributed by atoms with Crippen LogP contribution in [0.2, 0.25) is 0 Å². The number of anilines is 2. The smallest absolute Gasteiger partial charge is 0.283 e. The summed E-state index contributed by atoms with van der Waals surface area (Å²) in [5.41, 5.74) is 1.50. The number of rotatable bonds is 3. The molecule has 0 unspecified atom stereocenters. The van der Waals surface area contributed by atoms with Gasteiger partial charge in [0.05, 0.1) is 24.2 Å². The van der Waals surface area contributed by atoms with E-state index >= 15 is 0 Å². The Labute approximate surface area is 130 Å². The lowest BCUT2D eigenvalue weighted by atomic mass is 10.2. The summed E-state index contributed by atoms with van der Waals surface area (Å²) in [6.45, 7) is 3.63. The molecule has 0 spiro atoms. The molecule has 0 saturated carbocycles. The summed E-state index contributed by atoms with van der Waals surface area (Å²) in [6, 6.07) is 7.39. The Morgan fingerprint density at radius 2 is 2.10 bits per heavy atom. The number of sulfonamides is 1. The molecule has 21 heavy (non-hydrogen) atoms. The number of halogens is 1. The lowest BCUT2D eigenvalue weighted by molar-refractivity contribution is 0.587. The first-order valence-electron chi connectivity index (χ1n) is 6.50. The Morgan fingerprint density at radius 3 is 2.81 bits per heavy atom. The average Bonchev–Trinajstić information content (AvgIpc) is 2.96. The highest BCUT2D eigenvalue weighted by atomic mass is 35.5. The number of para-hydroxylation sites is 2. The van der Waals surface area contributed by atoms with Gasteiger partial charge in [-0.25, -0.2) is 4.98 Å². The predicted molar refractivity (Wildman–Crippen MR) is 84.6 cm³/mol. The lowest BCUT2D eigenvalue weighted by Gasteiger charge is -2.30. The number of hydrogen-bond acceptors (Lipinski definition) is 4. The zero-order valence-corrected chi connectivity index (χ0v) is 13.2. The third-order valence-corrected chi connectivity index (χ3v) is 5.03. The van der Waals surface area contributed by atoms with Crippen LogP contribution in [0.1, 0.15) is 6.92 Å². The van der Waals surface area contributed by atoms with Crippen molar-refractivity contribution in [2.75, 3.05) is 22.7 Å². The quantitative estimate of drug-likeness (QED) is 0.935. The lowest BCUT2D eigenvalue weighted by Crippen LogP contribution is -2.38. The molecule has 0 amide bonds. The van der Waals surface area contributed by atoms with Crippen LogP contribution >= 0.6 is 12.4 Å². The highest BCUT2D eigenvalue weighted by molar-refractivity contribution is 7.92. The van der Waals surface area contributed by atoms with Gasteiger partial charge in [-0.3, -0.25) is 4.31 Å². The summed E-state index contributed by atoms with van der Waals surface area (Å²) in [5.74, 6) is 0. The average molecular weight is 329 g/mol. The highest BCUT2D eigenvalue weighted by Gasteiger charge is 2.30. The molecule has 2 heterocycles. The molecule has 114 valence electrons. The van der Waals surface area contributed by atoms with Crippen molar-refractivity contribution < 1.29 is 8.42 Å². The van der Waals surface area contributed by atoms with Crippen molar-refractivity contribution in [3.63, 3.8) is 0 Å². The van der Waals surface area contributed by atoms with Gasteiger partial charge in [0.25, 0.3) is 10.0 Å². The maximum atomic E-state index is 12.7. The minimum absolute atomic E-state index is 0. The number of aromatic nitrogens is 2. The molecule has 8 heteroatoms. The van der Waals surface area contributed by atoms with Crippen molar-refractivity contribution in [2.45, 2.75) is 18.5 Å². The van der Waals surface area contributed by atoms with Gasteiger partial charge in [-0.15, -0.1) is 12.4 Å². The summed E-state index contributed by atoms with van der Waals surface area (Å²) < 4.78 is 28.6. The summed E-state index contributed by atoms with van der Waals surface area (Å²) in [7, 11) is -3.60. The topological polar surface area (TPSA) is 67.2 Å². The molecule has 0 fully saturated rings. The van der Waals surface area contributed by atoms with E-state index in [-0.39, 0.29) is 17.4 Å². The van der Waals surface area contributed by atoms with Crippen molar-refractivity contribution in [2.24, 2.45) is 0 Å². The fraction of sp³-hybridized carbons (Fsp3) is 0.308. The number of hydrogen-bond donors (Lipinski definition) is 1. The third kappa shape index (κ3) is 2.71. The van der Waals surface area contributed by atoms with Crippen LogP contribution in [0.3, 0.4) is 0 Å². The highest BCUT2D eigenvalue weighted by Crippen LogP contribution is 2.32. The van der Waals surface area contributed by atoms with E-state index in [0.29, 0.717) is 25.3 Å². The molecule has 0 saturated heterocycles. The van der Waals surface area contributed by atoms with E-state index in [9.17, 15) is 8.42 Å². The minimum Gasteiger partial charge on any atom is -0.382 e. The molecule has 1 aromatic heterocycles. The second kappa shape index (κ2) is 5.95. The second-order valence-electron chi connectivity index (χ2n) is 4.56. The van der Waals surface area contributed by atoms with Gasteiger partial charge in [0.1, 0.15) is 0 Å². The second-order valence-corrected chi connectivity index (χ2v) is 6.37. The molecule has 0 radical (unpaired) electrons. The van der Waals surface area contributed by atoms with Gasteiger partial charge in [-0.2, -0.15) is 8.42 Å². The molecule has 3 rings (SSSR count). The molecular weight excluding hydrogens is 312 g/mol. The normalized spacial score (nSPS) is 14.0. The van der Waals surface area contributed by atoms with E-state index in [4.69, 9.17) is 0 Å². The number of benzene rings is 1. The van der Waals surface area contributed by atoms with Gasteiger partial charge >= 0.3 is 0 Å². The largest absolute Gasteiger partial charge is 0.382 e. The Balaban J connectivity index is 0.00000161. The van der Waals surface area contributed by atoms with Gasteiger partial charge in [0.15, 0.2) is 5.03 Å². The van der Waals surface area contributed by atoms with Crippen LogP contribution in [-0.4, -0.2) is 31.1 Å². The molecule has 0 atom stereocenters. The monoisotopic (exact) mass is 328 g/mol. The maximum absolute atomic E-state index is 12.7. The molecule has 2 aromatic rings. The predicted octanol–water partition coefficient (Wildman–Crippen LogP) is 1.95.